The predicted octanol–water partition coefficient (Wildman–Crippen LogP) is 6.17. The van der Waals surface area contributed by atoms with Crippen molar-refractivity contribution in [2.45, 2.75) is 45.7 Å². The van der Waals surface area contributed by atoms with Gasteiger partial charge in [0, 0.05) is 43.7 Å². The van der Waals surface area contributed by atoms with Crippen molar-refractivity contribution in [1.29, 1.82) is 0 Å². The Morgan fingerprint density at radius 3 is 2.51 bits per heavy atom. The molecule has 0 N–H and O–H groups in total. The van der Waals surface area contributed by atoms with Gasteiger partial charge in [0.1, 0.15) is 22.7 Å². The van der Waals surface area contributed by atoms with Crippen LogP contribution in [0.3, 0.4) is 0 Å². The summed E-state index contributed by atoms with van der Waals surface area (Å²) in [7, 11) is 0. The second-order valence-corrected chi connectivity index (χ2v) is 9.69. The van der Waals surface area contributed by atoms with E-state index in [9.17, 15) is 18.0 Å². The molecule has 1 aliphatic rings. The fraction of sp³-hybridized carbons (Fsp3) is 0.379. The molecule has 2 aromatic carbocycles. The Morgan fingerprint density at radius 1 is 1.00 bits per heavy atom. The minimum absolute atomic E-state index is 0.0198. The van der Waals surface area contributed by atoms with Crippen LogP contribution in [-0.4, -0.2) is 52.1 Å². The standard InChI is InChI=1S/C29H30F3N5O2/c1-3-7-23-33-26(24-25(35-39-27(24)34-23)21-8-5-9-22(18-21)29(30,31)32)36-14-6-15-37(17-16-36)28(38)20-12-10-19(4-2)11-13-20/h5,8-13,18H,3-4,6-7,14-17H2,1-2H3. The molecule has 4 aromatic rings. The molecule has 0 atom stereocenters. The first kappa shape index (κ1) is 26.6. The van der Waals surface area contributed by atoms with Crippen LogP contribution in [0.5, 0.6) is 0 Å². The molecule has 39 heavy (non-hydrogen) atoms. The maximum atomic E-state index is 13.4. The number of aryl methyl sites for hydroxylation is 2. The number of carbonyl (C=O) groups is 1. The van der Waals surface area contributed by atoms with E-state index in [2.05, 4.69) is 22.0 Å². The van der Waals surface area contributed by atoms with Gasteiger partial charge in [-0.2, -0.15) is 18.2 Å². The minimum atomic E-state index is -4.49. The molecule has 0 spiro atoms. The third-order valence-electron chi connectivity index (χ3n) is 6.99. The number of hydrogen-bond donors (Lipinski definition) is 0. The van der Waals surface area contributed by atoms with Gasteiger partial charge in [-0.3, -0.25) is 4.79 Å². The van der Waals surface area contributed by atoms with Crippen molar-refractivity contribution >= 4 is 22.8 Å². The normalized spacial score (nSPS) is 14.6. The lowest BCUT2D eigenvalue weighted by Gasteiger charge is -2.24. The van der Waals surface area contributed by atoms with Gasteiger partial charge in [-0.25, -0.2) is 4.98 Å². The highest BCUT2D eigenvalue weighted by Crippen LogP contribution is 2.37. The molecule has 10 heteroatoms. The first-order valence-electron chi connectivity index (χ1n) is 13.3. The van der Waals surface area contributed by atoms with Crippen LogP contribution in [0.15, 0.2) is 53.1 Å². The second kappa shape index (κ2) is 11.0. The van der Waals surface area contributed by atoms with Gasteiger partial charge in [0.15, 0.2) is 0 Å². The van der Waals surface area contributed by atoms with Crippen LogP contribution in [0, 0.1) is 0 Å². The van der Waals surface area contributed by atoms with E-state index in [4.69, 9.17) is 9.51 Å². The summed E-state index contributed by atoms with van der Waals surface area (Å²) in [6, 6.07) is 12.7. The molecular weight excluding hydrogens is 507 g/mol. The molecule has 1 saturated heterocycles. The number of nitrogens with zero attached hydrogens (tertiary/aromatic N) is 5. The number of halogens is 3. The summed E-state index contributed by atoms with van der Waals surface area (Å²) in [6.07, 6.45) is -1.43. The minimum Gasteiger partial charge on any atom is -0.354 e. The Kier molecular flexibility index (Phi) is 7.54. The van der Waals surface area contributed by atoms with E-state index >= 15 is 0 Å². The third-order valence-corrected chi connectivity index (χ3v) is 6.99. The highest BCUT2D eigenvalue weighted by molar-refractivity contribution is 5.98. The van der Waals surface area contributed by atoms with Crippen LogP contribution in [0.4, 0.5) is 19.0 Å². The van der Waals surface area contributed by atoms with Crippen molar-refractivity contribution < 1.29 is 22.5 Å². The Morgan fingerprint density at radius 2 is 1.79 bits per heavy atom. The zero-order chi connectivity index (χ0) is 27.6. The van der Waals surface area contributed by atoms with Gasteiger partial charge in [-0.15, -0.1) is 0 Å². The van der Waals surface area contributed by atoms with Crippen molar-refractivity contribution in [1.82, 2.24) is 20.0 Å². The first-order valence-corrected chi connectivity index (χ1v) is 13.3. The SMILES string of the molecule is CCCc1nc(N2CCCN(C(=O)c3ccc(CC)cc3)CC2)c2c(-c3cccc(C(F)(F)F)c3)noc2n1. The number of carbonyl (C=O) groups excluding carboxylic acids is 1. The van der Waals surface area contributed by atoms with E-state index in [0.29, 0.717) is 61.6 Å². The maximum absolute atomic E-state index is 13.4. The zero-order valence-electron chi connectivity index (χ0n) is 22.0. The summed E-state index contributed by atoms with van der Waals surface area (Å²) in [4.78, 5) is 26.5. The lowest BCUT2D eigenvalue weighted by atomic mass is 10.1. The lowest BCUT2D eigenvalue weighted by molar-refractivity contribution is -0.137. The fourth-order valence-corrected chi connectivity index (χ4v) is 4.88. The van der Waals surface area contributed by atoms with Gasteiger partial charge in [-0.05, 0) is 49.1 Å². The number of amides is 1. The number of anilines is 1. The number of benzene rings is 2. The van der Waals surface area contributed by atoms with Crippen molar-refractivity contribution in [3.8, 4) is 11.3 Å². The van der Waals surface area contributed by atoms with Crippen molar-refractivity contribution in [3.05, 3.63) is 71.0 Å². The average molecular weight is 538 g/mol. The van der Waals surface area contributed by atoms with Crippen LogP contribution in [-0.2, 0) is 19.0 Å². The number of alkyl halides is 3. The number of hydrogen-bond acceptors (Lipinski definition) is 6. The van der Waals surface area contributed by atoms with E-state index in [-0.39, 0.29) is 22.9 Å². The first-order chi connectivity index (χ1) is 18.8. The van der Waals surface area contributed by atoms with Gasteiger partial charge in [0.2, 0.25) is 0 Å². The summed E-state index contributed by atoms with van der Waals surface area (Å²) in [5.74, 6) is 1.13. The Hall–Kier alpha value is -3.95. The van der Waals surface area contributed by atoms with Crippen LogP contribution in [0.25, 0.3) is 22.4 Å². The van der Waals surface area contributed by atoms with E-state index < -0.39 is 11.7 Å². The molecule has 1 aliphatic heterocycles. The smallest absolute Gasteiger partial charge is 0.354 e. The molecule has 0 bridgehead atoms. The van der Waals surface area contributed by atoms with Gasteiger partial charge >= 0.3 is 6.18 Å². The molecular formula is C29H30F3N5O2. The van der Waals surface area contributed by atoms with Gasteiger partial charge in [0.25, 0.3) is 11.6 Å². The molecule has 0 unspecified atom stereocenters. The third kappa shape index (κ3) is 5.60. The Labute approximate surface area is 224 Å². The second-order valence-electron chi connectivity index (χ2n) is 9.69. The summed E-state index contributed by atoms with van der Waals surface area (Å²) >= 11 is 0. The average Bonchev–Trinajstić information content (AvgIpc) is 3.21. The number of fused-ring (bicyclic) bond motifs is 1. The van der Waals surface area contributed by atoms with Crippen LogP contribution in [0.1, 0.15) is 54.0 Å². The van der Waals surface area contributed by atoms with Gasteiger partial charge in [-0.1, -0.05) is 43.3 Å². The summed E-state index contributed by atoms with van der Waals surface area (Å²) in [5.41, 5.74) is 1.85. The molecule has 204 valence electrons. The van der Waals surface area contributed by atoms with Crippen molar-refractivity contribution in [2.24, 2.45) is 0 Å². The number of rotatable bonds is 6. The summed E-state index contributed by atoms with van der Waals surface area (Å²) in [5, 5.41) is 4.61. The maximum Gasteiger partial charge on any atom is 0.416 e. The molecule has 3 heterocycles. The fourth-order valence-electron chi connectivity index (χ4n) is 4.88. The largest absolute Gasteiger partial charge is 0.416 e. The Bertz CT molecular complexity index is 1470. The molecule has 5 rings (SSSR count). The van der Waals surface area contributed by atoms with E-state index in [1.165, 1.54) is 11.6 Å². The molecule has 1 amide bonds. The van der Waals surface area contributed by atoms with Crippen LogP contribution < -0.4 is 4.90 Å². The highest BCUT2D eigenvalue weighted by Gasteiger charge is 2.32. The van der Waals surface area contributed by atoms with Crippen LogP contribution >= 0.6 is 0 Å². The Balaban J connectivity index is 1.48. The summed E-state index contributed by atoms with van der Waals surface area (Å²) in [6.45, 7) is 6.28. The predicted molar refractivity (Wildman–Crippen MR) is 143 cm³/mol. The molecule has 0 saturated carbocycles. The van der Waals surface area contributed by atoms with Crippen LogP contribution in [0.2, 0.25) is 0 Å². The van der Waals surface area contributed by atoms with E-state index in [1.54, 1.807) is 6.07 Å². The topological polar surface area (TPSA) is 75.4 Å². The van der Waals surface area contributed by atoms with Crippen molar-refractivity contribution in [2.75, 3.05) is 31.1 Å². The number of aromatic nitrogens is 3. The van der Waals surface area contributed by atoms with E-state index in [0.717, 1.165) is 25.0 Å². The van der Waals surface area contributed by atoms with Gasteiger partial charge < -0.3 is 14.3 Å². The molecule has 1 fully saturated rings. The van der Waals surface area contributed by atoms with Gasteiger partial charge in [0.05, 0.1) is 5.56 Å². The molecule has 2 aromatic heterocycles. The zero-order valence-corrected chi connectivity index (χ0v) is 22.0. The lowest BCUT2D eigenvalue weighted by Crippen LogP contribution is -2.35. The highest BCUT2D eigenvalue weighted by atomic mass is 19.4. The quantitative estimate of drug-likeness (QED) is 0.293. The molecule has 0 radical (unpaired) electrons. The molecule has 0 aliphatic carbocycles. The van der Waals surface area contributed by atoms with Crippen molar-refractivity contribution in [3.63, 3.8) is 0 Å². The van der Waals surface area contributed by atoms with E-state index in [1.807, 2.05) is 36.1 Å². The summed E-state index contributed by atoms with van der Waals surface area (Å²) < 4.78 is 45.8. The molecule has 7 nitrogen and oxygen atoms in total. The monoisotopic (exact) mass is 537 g/mol.